The number of nitrogens with zero attached hydrogens (tertiary/aromatic N) is 3. The predicted molar refractivity (Wildman–Crippen MR) is 114 cm³/mol. The molecule has 5 rings (SSSR count). The molecule has 0 saturated heterocycles. The van der Waals surface area contributed by atoms with Gasteiger partial charge < -0.3 is 4.98 Å². The summed E-state index contributed by atoms with van der Waals surface area (Å²) in [5.74, 6) is 0.585. The number of para-hydroxylation sites is 1. The van der Waals surface area contributed by atoms with Gasteiger partial charge >= 0.3 is 0 Å². The summed E-state index contributed by atoms with van der Waals surface area (Å²) in [4.78, 5) is 22.5. The molecule has 0 atom stereocenters. The van der Waals surface area contributed by atoms with E-state index >= 15 is 0 Å². The Balaban J connectivity index is 1.46. The van der Waals surface area contributed by atoms with Gasteiger partial charge in [-0.2, -0.15) is 5.10 Å². The quantitative estimate of drug-likeness (QED) is 0.521. The molecule has 28 heavy (non-hydrogen) atoms. The molecular weight excluding hydrogens is 368 g/mol. The van der Waals surface area contributed by atoms with Crippen LogP contribution in [0.25, 0.3) is 28.1 Å². The standard InChI is InChI=1S/C22H20N4OS/c27-21-20-17-9-5-2-6-10-18(17)28-22(20)25-19(24-21)12-11-15-13-23-26(14-15)16-7-3-1-4-8-16/h1,3-4,7-8,11-14H,2,5-6,9-10H2,(H,24,25,27)/b12-11+. The predicted octanol–water partition coefficient (Wildman–Crippen LogP) is 4.61. The number of fused-ring (bicyclic) bond motifs is 3. The highest BCUT2D eigenvalue weighted by Crippen LogP contribution is 2.32. The third-order valence-corrected chi connectivity index (χ3v) is 6.34. The number of hydrogen-bond acceptors (Lipinski definition) is 4. The van der Waals surface area contributed by atoms with Crippen molar-refractivity contribution in [2.75, 3.05) is 0 Å². The van der Waals surface area contributed by atoms with E-state index in [-0.39, 0.29) is 5.56 Å². The highest BCUT2D eigenvalue weighted by atomic mass is 32.1. The molecule has 1 aliphatic rings. The minimum atomic E-state index is -0.0240. The molecule has 6 heteroatoms. The van der Waals surface area contributed by atoms with Gasteiger partial charge in [-0.05, 0) is 55.5 Å². The van der Waals surface area contributed by atoms with Crippen molar-refractivity contribution in [2.24, 2.45) is 0 Å². The van der Waals surface area contributed by atoms with Gasteiger partial charge in [0.25, 0.3) is 5.56 Å². The minimum Gasteiger partial charge on any atom is -0.306 e. The second kappa shape index (κ2) is 7.20. The van der Waals surface area contributed by atoms with Crippen LogP contribution in [-0.4, -0.2) is 19.7 Å². The van der Waals surface area contributed by atoms with E-state index in [1.807, 2.05) is 53.4 Å². The van der Waals surface area contributed by atoms with Gasteiger partial charge in [-0.3, -0.25) is 4.79 Å². The lowest BCUT2D eigenvalue weighted by atomic mass is 10.1. The minimum absolute atomic E-state index is 0.0240. The van der Waals surface area contributed by atoms with E-state index in [0.29, 0.717) is 5.82 Å². The van der Waals surface area contributed by atoms with Crippen molar-refractivity contribution in [3.05, 3.63) is 74.9 Å². The van der Waals surface area contributed by atoms with E-state index < -0.39 is 0 Å². The number of aromatic amines is 1. The molecule has 0 radical (unpaired) electrons. The summed E-state index contributed by atoms with van der Waals surface area (Å²) < 4.78 is 1.83. The number of H-pyrrole nitrogens is 1. The second-order valence-corrected chi connectivity index (χ2v) is 8.17. The van der Waals surface area contributed by atoms with Crippen LogP contribution in [0.1, 0.15) is 41.1 Å². The van der Waals surface area contributed by atoms with E-state index in [1.165, 1.54) is 23.3 Å². The fraction of sp³-hybridized carbons (Fsp3) is 0.227. The van der Waals surface area contributed by atoms with Crippen LogP contribution >= 0.6 is 11.3 Å². The van der Waals surface area contributed by atoms with Crippen molar-refractivity contribution < 1.29 is 0 Å². The molecule has 3 aromatic heterocycles. The van der Waals surface area contributed by atoms with Crippen molar-refractivity contribution in [1.82, 2.24) is 19.7 Å². The lowest BCUT2D eigenvalue weighted by molar-refractivity contribution is 0.713. The molecule has 3 heterocycles. The van der Waals surface area contributed by atoms with Gasteiger partial charge in [0.15, 0.2) is 0 Å². The van der Waals surface area contributed by atoms with Gasteiger partial charge in [0.05, 0.1) is 17.3 Å². The van der Waals surface area contributed by atoms with Crippen molar-refractivity contribution >= 4 is 33.7 Å². The van der Waals surface area contributed by atoms with E-state index in [9.17, 15) is 4.79 Å². The summed E-state index contributed by atoms with van der Waals surface area (Å²) >= 11 is 1.68. The third-order valence-electron chi connectivity index (χ3n) is 5.15. The van der Waals surface area contributed by atoms with Gasteiger partial charge in [-0.15, -0.1) is 11.3 Å². The number of benzene rings is 1. The monoisotopic (exact) mass is 388 g/mol. The second-order valence-electron chi connectivity index (χ2n) is 7.08. The number of rotatable bonds is 3. The van der Waals surface area contributed by atoms with Crippen LogP contribution in [0.4, 0.5) is 0 Å². The number of hydrogen-bond donors (Lipinski definition) is 1. The Labute approximate surface area is 166 Å². The molecule has 0 bridgehead atoms. The molecule has 0 unspecified atom stereocenters. The molecule has 1 N–H and O–H groups in total. The van der Waals surface area contributed by atoms with Crippen molar-refractivity contribution in [1.29, 1.82) is 0 Å². The van der Waals surface area contributed by atoms with Gasteiger partial charge in [0, 0.05) is 16.6 Å². The Kier molecular flexibility index (Phi) is 4.41. The summed E-state index contributed by atoms with van der Waals surface area (Å²) in [5, 5.41) is 5.20. The Morgan fingerprint density at radius 3 is 2.82 bits per heavy atom. The molecule has 0 aliphatic heterocycles. The van der Waals surface area contributed by atoms with E-state index in [2.05, 4.69) is 10.1 Å². The van der Waals surface area contributed by atoms with Crippen LogP contribution in [0.3, 0.4) is 0 Å². The van der Waals surface area contributed by atoms with E-state index in [0.717, 1.165) is 40.7 Å². The maximum atomic E-state index is 12.7. The first-order valence-electron chi connectivity index (χ1n) is 9.61. The molecule has 0 amide bonds. The smallest absolute Gasteiger partial charge is 0.260 e. The lowest BCUT2D eigenvalue weighted by Gasteiger charge is -1.99. The first-order valence-corrected chi connectivity index (χ1v) is 10.4. The topological polar surface area (TPSA) is 63.6 Å². The summed E-state index contributed by atoms with van der Waals surface area (Å²) in [6, 6.07) is 9.97. The van der Waals surface area contributed by atoms with Crippen molar-refractivity contribution in [2.45, 2.75) is 32.1 Å². The Morgan fingerprint density at radius 1 is 1.07 bits per heavy atom. The molecule has 1 aromatic carbocycles. The van der Waals surface area contributed by atoms with Crippen LogP contribution < -0.4 is 5.56 Å². The number of nitrogens with one attached hydrogen (secondary N) is 1. The summed E-state index contributed by atoms with van der Waals surface area (Å²) in [5.41, 5.74) is 3.17. The summed E-state index contributed by atoms with van der Waals surface area (Å²) in [6.07, 6.45) is 13.2. The van der Waals surface area contributed by atoms with Crippen LogP contribution in [-0.2, 0) is 12.8 Å². The van der Waals surface area contributed by atoms with E-state index in [4.69, 9.17) is 4.98 Å². The van der Waals surface area contributed by atoms with E-state index in [1.54, 1.807) is 17.5 Å². The zero-order chi connectivity index (χ0) is 18.9. The molecule has 140 valence electrons. The Morgan fingerprint density at radius 2 is 1.93 bits per heavy atom. The largest absolute Gasteiger partial charge is 0.306 e. The van der Waals surface area contributed by atoms with Crippen LogP contribution in [0.2, 0.25) is 0 Å². The third kappa shape index (κ3) is 3.20. The zero-order valence-electron chi connectivity index (χ0n) is 15.4. The molecule has 5 nitrogen and oxygen atoms in total. The fourth-order valence-corrected chi connectivity index (χ4v) is 5.03. The first-order chi connectivity index (χ1) is 13.8. The van der Waals surface area contributed by atoms with Gasteiger partial charge in [-0.1, -0.05) is 24.6 Å². The Hall–Kier alpha value is -2.99. The fourth-order valence-electron chi connectivity index (χ4n) is 3.76. The van der Waals surface area contributed by atoms with Crippen LogP contribution in [0, 0.1) is 0 Å². The molecule has 4 aromatic rings. The van der Waals surface area contributed by atoms with Crippen LogP contribution in [0.15, 0.2) is 47.5 Å². The maximum Gasteiger partial charge on any atom is 0.260 e. The van der Waals surface area contributed by atoms with Gasteiger partial charge in [-0.25, -0.2) is 9.67 Å². The number of thiophene rings is 1. The normalized spacial score (nSPS) is 14.4. The van der Waals surface area contributed by atoms with Crippen molar-refractivity contribution in [3.63, 3.8) is 0 Å². The van der Waals surface area contributed by atoms with Gasteiger partial charge in [0.1, 0.15) is 10.7 Å². The maximum absolute atomic E-state index is 12.7. The zero-order valence-corrected chi connectivity index (χ0v) is 16.2. The molecular formula is C22H20N4OS. The molecule has 0 fully saturated rings. The Bertz CT molecular complexity index is 1220. The summed E-state index contributed by atoms with van der Waals surface area (Å²) in [7, 11) is 0. The molecule has 0 saturated carbocycles. The average Bonchev–Trinajstić information content (AvgIpc) is 3.26. The van der Waals surface area contributed by atoms with Gasteiger partial charge in [0.2, 0.25) is 0 Å². The highest BCUT2D eigenvalue weighted by Gasteiger charge is 2.18. The molecule has 0 spiro atoms. The van der Waals surface area contributed by atoms with Crippen molar-refractivity contribution in [3.8, 4) is 5.69 Å². The SMILES string of the molecule is O=c1[nH]c(/C=C/c2cnn(-c3ccccc3)c2)nc2sc3c(c12)CCCCC3. The van der Waals surface area contributed by atoms with Crippen LogP contribution in [0.5, 0.6) is 0 Å². The molecule has 1 aliphatic carbocycles. The lowest BCUT2D eigenvalue weighted by Crippen LogP contribution is -2.10. The average molecular weight is 388 g/mol. The summed E-state index contributed by atoms with van der Waals surface area (Å²) in [6.45, 7) is 0. The number of aromatic nitrogens is 4. The first kappa shape index (κ1) is 17.1. The highest BCUT2D eigenvalue weighted by molar-refractivity contribution is 7.18. The number of aryl methyl sites for hydroxylation is 2.